The molecule has 26 heavy (non-hydrogen) atoms. The number of aromatic nitrogens is 1. The summed E-state index contributed by atoms with van der Waals surface area (Å²) in [5.41, 5.74) is 2.91. The topological polar surface area (TPSA) is 50.3 Å². The number of nitrogens with zero attached hydrogens (tertiary/aromatic N) is 2. The van der Waals surface area contributed by atoms with Gasteiger partial charge in [0.05, 0.1) is 0 Å². The molecule has 0 spiro atoms. The molecular weight excluding hydrogens is 324 g/mol. The van der Waals surface area contributed by atoms with Crippen molar-refractivity contribution in [2.24, 2.45) is 5.92 Å². The molecule has 0 unspecified atom stereocenters. The van der Waals surface area contributed by atoms with Gasteiger partial charge in [-0.15, -0.1) is 0 Å². The van der Waals surface area contributed by atoms with Gasteiger partial charge in [-0.1, -0.05) is 30.3 Å². The Kier molecular flexibility index (Phi) is 6.53. The van der Waals surface area contributed by atoms with E-state index in [1.165, 1.54) is 5.56 Å². The fourth-order valence-electron chi connectivity index (χ4n) is 3.62. The normalized spacial score (nSPS) is 15.0. The van der Waals surface area contributed by atoms with Crippen LogP contribution in [-0.2, 0) is 17.6 Å². The molecule has 2 aromatic rings. The van der Waals surface area contributed by atoms with Gasteiger partial charge >= 0.3 is 0 Å². The predicted octanol–water partition coefficient (Wildman–Crippen LogP) is 3.70. The van der Waals surface area contributed by atoms with Gasteiger partial charge in [0.25, 0.3) is 0 Å². The van der Waals surface area contributed by atoms with Crippen LogP contribution in [0.4, 0.5) is 0 Å². The molecule has 0 bridgehead atoms. The van der Waals surface area contributed by atoms with E-state index in [-0.39, 0.29) is 5.91 Å². The van der Waals surface area contributed by atoms with Crippen molar-refractivity contribution in [2.75, 3.05) is 13.1 Å². The Morgan fingerprint density at radius 1 is 1.15 bits per heavy atom. The zero-order valence-corrected chi connectivity index (χ0v) is 15.1. The summed E-state index contributed by atoms with van der Waals surface area (Å²) in [4.78, 5) is 29.5. The minimum absolute atomic E-state index is 0.245. The van der Waals surface area contributed by atoms with Crippen molar-refractivity contribution in [1.82, 2.24) is 9.88 Å². The maximum Gasteiger partial charge on any atom is 0.222 e. The monoisotopic (exact) mass is 350 g/mol. The molecule has 4 heteroatoms. The first-order valence-corrected chi connectivity index (χ1v) is 9.46. The Labute approximate surface area is 155 Å². The van der Waals surface area contributed by atoms with E-state index in [4.69, 9.17) is 0 Å². The maximum absolute atomic E-state index is 12.4. The maximum atomic E-state index is 12.4. The van der Waals surface area contributed by atoms with Gasteiger partial charge in [-0.3, -0.25) is 14.6 Å². The quantitative estimate of drug-likeness (QED) is 0.716. The van der Waals surface area contributed by atoms with E-state index in [9.17, 15) is 9.59 Å². The Morgan fingerprint density at radius 2 is 1.92 bits per heavy atom. The molecule has 4 nitrogen and oxygen atoms in total. The molecule has 3 rings (SSSR count). The van der Waals surface area contributed by atoms with Crippen molar-refractivity contribution in [3.8, 4) is 0 Å². The number of carbonyl (C=O) groups is 2. The number of pyridine rings is 1. The fraction of sp³-hybridized carbons (Fsp3) is 0.409. The van der Waals surface area contributed by atoms with E-state index in [0.29, 0.717) is 17.9 Å². The van der Waals surface area contributed by atoms with Crippen molar-refractivity contribution < 1.29 is 9.59 Å². The lowest BCUT2D eigenvalue weighted by Gasteiger charge is -2.32. The van der Waals surface area contributed by atoms with E-state index in [2.05, 4.69) is 35.3 Å². The summed E-state index contributed by atoms with van der Waals surface area (Å²) < 4.78 is 0. The summed E-state index contributed by atoms with van der Waals surface area (Å²) in [5, 5.41) is 0. The van der Waals surface area contributed by atoms with E-state index < -0.39 is 0 Å². The molecule has 1 aromatic carbocycles. The zero-order chi connectivity index (χ0) is 18.2. The van der Waals surface area contributed by atoms with Gasteiger partial charge in [0, 0.05) is 37.0 Å². The van der Waals surface area contributed by atoms with E-state index in [1.807, 2.05) is 4.90 Å². The minimum atomic E-state index is 0.245. The van der Waals surface area contributed by atoms with Crippen LogP contribution in [0.2, 0.25) is 0 Å². The first kappa shape index (κ1) is 18.3. The van der Waals surface area contributed by atoms with Gasteiger partial charge < -0.3 is 4.90 Å². The first-order chi connectivity index (χ1) is 12.7. The first-order valence-electron chi connectivity index (χ1n) is 9.46. The molecule has 1 aromatic heterocycles. The Bertz CT molecular complexity index is 722. The molecule has 1 amide bonds. The van der Waals surface area contributed by atoms with Crippen molar-refractivity contribution in [1.29, 1.82) is 0 Å². The van der Waals surface area contributed by atoms with Crippen molar-refractivity contribution in [3.05, 3.63) is 65.5 Å². The van der Waals surface area contributed by atoms with Crippen molar-refractivity contribution in [3.63, 3.8) is 0 Å². The number of hydrogen-bond acceptors (Lipinski definition) is 3. The number of aryl methyl sites for hydroxylation is 1. The summed E-state index contributed by atoms with van der Waals surface area (Å²) in [6.07, 6.45) is 7.83. The summed E-state index contributed by atoms with van der Waals surface area (Å²) >= 11 is 0. The minimum Gasteiger partial charge on any atom is -0.343 e. The number of amides is 1. The summed E-state index contributed by atoms with van der Waals surface area (Å²) in [5.74, 6) is 0.923. The zero-order valence-electron chi connectivity index (χ0n) is 15.1. The van der Waals surface area contributed by atoms with Gasteiger partial charge in [-0.25, -0.2) is 0 Å². The molecule has 0 radical (unpaired) electrons. The third-order valence-corrected chi connectivity index (χ3v) is 5.13. The van der Waals surface area contributed by atoms with Gasteiger partial charge in [0.2, 0.25) is 5.91 Å². The van der Waals surface area contributed by atoms with Crippen molar-refractivity contribution in [2.45, 2.75) is 38.5 Å². The van der Waals surface area contributed by atoms with Crippen LogP contribution in [0, 0.1) is 5.92 Å². The van der Waals surface area contributed by atoms with Crippen molar-refractivity contribution >= 4 is 12.2 Å². The van der Waals surface area contributed by atoms with Crippen LogP contribution in [0.1, 0.15) is 47.3 Å². The van der Waals surface area contributed by atoms with Crippen LogP contribution in [0.15, 0.2) is 48.7 Å². The number of hydrogen-bond donors (Lipinski definition) is 0. The third kappa shape index (κ3) is 5.25. The summed E-state index contributed by atoms with van der Waals surface area (Å²) in [6, 6.07) is 14.1. The summed E-state index contributed by atoms with van der Waals surface area (Å²) in [6.45, 7) is 1.74. The molecule has 0 saturated carbocycles. The Hall–Kier alpha value is -2.49. The summed E-state index contributed by atoms with van der Waals surface area (Å²) in [7, 11) is 0. The van der Waals surface area contributed by atoms with Crippen LogP contribution in [0.25, 0.3) is 0 Å². The van der Waals surface area contributed by atoms with Crippen LogP contribution in [0.3, 0.4) is 0 Å². The molecule has 0 aliphatic carbocycles. The molecular formula is C22H26N2O2. The largest absolute Gasteiger partial charge is 0.343 e. The SMILES string of the molecule is O=Cc1ccnc(CCCC(=O)N2CCC(Cc3ccccc3)CC2)c1. The van der Waals surface area contributed by atoms with Crippen LogP contribution in [-0.4, -0.2) is 35.2 Å². The highest BCUT2D eigenvalue weighted by atomic mass is 16.2. The number of carbonyl (C=O) groups excluding carboxylic acids is 2. The molecule has 1 fully saturated rings. The average molecular weight is 350 g/mol. The average Bonchev–Trinajstić information content (AvgIpc) is 2.69. The van der Waals surface area contributed by atoms with Crippen LogP contribution in [0.5, 0.6) is 0 Å². The molecule has 1 aliphatic rings. The molecule has 1 saturated heterocycles. The second-order valence-electron chi connectivity index (χ2n) is 7.07. The van der Waals surface area contributed by atoms with Gasteiger partial charge in [-0.2, -0.15) is 0 Å². The Morgan fingerprint density at radius 3 is 2.65 bits per heavy atom. The standard InChI is InChI=1S/C22H26N2O2/c25-17-20-9-12-23-21(16-20)7-4-8-22(26)24-13-10-19(11-14-24)15-18-5-2-1-3-6-18/h1-3,5-6,9,12,16-17,19H,4,7-8,10-11,13-15H2. The molecule has 0 atom stereocenters. The number of likely N-dealkylation sites (tertiary alicyclic amines) is 1. The van der Waals surface area contributed by atoms with E-state index >= 15 is 0 Å². The second kappa shape index (κ2) is 9.27. The smallest absolute Gasteiger partial charge is 0.222 e. The van der Waals surface area contributed by atoms with Gasteiger partial charge in [-0.05, 0) is 55.7 Å². The third-order valence-electron chi connectivity index (χ3n) is 5.13. The number of rotatable bonds is 7. The molecule has 2 heterocycles. The highest BCUT2D eigenvalue weighted by molar-refractivity contribution is 5.76. The van der Waals surface area contributed by atoms with Gasteiger partial charge in [0.15, 0.2) is 0 Å². The highest BCUT2D eigenvalue weighted by Crippen LogP contribution is 2.22. The van der Waals surface area contributed by atoms with Crippen LogP contribution < -0.4 is 0 Å². The molecule has 1 aliphatic heterocycles. The van der Waals surface area contributed by atoms with E-state index in [1.54, 1.807) is 18.3 Å². The van der Waals surface area contributed by atoms with Gasteiger partial charge in [0.1, 0.15) is 6.29 Å². The second-order valence-corrected chi connectivity index (χ2v) is 7.07. The molecule has 136 valence electrons. The van der Waals surface area contributed by atoms with Crippen LogP contribution >= 0.6 is 0 Å². The van der Waals surface area contributed by atoms with E-state index in [0.717, 1.165) is 57.2 Å². The lowest BCUT2D eigenvalue weighted by Crippen LogP contribution is -2.38. The number of aldehydes is 1. The molecule has 0 N–H and O–H groups in total. The number of piperidine rings is 1. The highest BCUT2D eigenvalue weighted by Gasteiger charge is 2.22. The lowest BCUT2D eigenvalue weighted by atomic mass is 9.90. The lowest BCUT2D eigenvalue weighted by molar-refractivity contribution is -0.132. The fourth-order valence-corrected chi connectivity index (χ4v) is 3.62. The Balaban J connectivity index is 1.38. The predicted molar refractivity (Wildman–Crippen MR) is 102 cm³/mol. The number of benzene rings is 1.